The summed E-state index contributed by atoms with van der Waals surface area (Å²) in [7, 11) is 2.26. The standard InChI is InChI=1S/C14H30N2/c1-6-14(4,11-15)16(5)12-7-9-13(2,3)10-8-12/h12H,6-11,15H2,1-5H3. The molecule has 1 saturated carbocycles. The largest absolute Gasteiger partial charge is 0.329 e. The van der Waals surface area contributed by atoms with Crippen molar-refractivity contribution in [3.63, 3.8) is 0 Å². The summed E-state index contributed by atoms with van der Waals surface area (Å²) in [5.74, 6) is 0. The van der Waals surface area contributed by atoms with Gasteiger partial charge in [0.25, 0.3) is 0 Å². The molecule has 0 saturated heterocycles. The molecule has 1 fully saturated rings. The molecule has 1 aliphatic carbocycles. The van der Waals surface area contributed by atoms with Crippen molar-refractivity contribution in [1.29, 1.82) is 0 Å². The Bertz CT molecular complexity index is 209. The van der Waals surface area contributed by atoms with Crippen molar-refractivity contribution in [1.82, 2.24) is 4.90 Å². The van der Waals surface area contributed by atoms with Crippen LogP contribution in [0.1, 0.15) is 59.8 Å². The summed E-state index contributed by atoms with van der Waals surface area (Å²) in [6.45, 7) is 10.1. The number of nitrogens with zero attached hydrogens (tertiary/aromatic N) is 1. The Morgan fingerprint density at radius 3 is 2.19 bits per heavy atom. The molecule has 1 rings (SSSR count). The van der Waals surface area contributed by atoms with Crippen LogP contribution in [0.2, 0.25) is 0 Å². The average Bonchev–Trinajstić information content (AvgIpc) is 2.27. The van der Waals surface area contributed by atoms with Crippen LogP contribution in [0.25, 0.3) is 0 Å². The van der Waals surface area contributed by atoms with Gasteiger partial charge in [-0.05, 0) is 51.5 Å². The Labute approximate surface area is 102 Å². The van der Waals surface area contributed by atoms with E-state index >= 15 is 0 Å². The molecule has 0 amide bonds. The summed E-state index contributed by atoms with van der Waals surface area (Å²) >= 11 is 0. The van der Waals surface area contributed by atoms with Crippen LogP contribution >= 0.6 is 0 Å². The van der Waals surface area contributed by atoms with Crippen LogP contribution in [0.3, 0.4) is 0 Å². The van der Waals surface area contributed by atoms with Crippen molar-refractivity contribution in [3.8, 4) is 0 Å². The molecule has 0 heterocycles. The predicted octanol–water partition coefficient (Wildman–Crippen LogP) is 3.01. The highest BCUT2D eigenvalue weighted by atomic mass is 15.2. The van der Waals surface area contributed by atoms with Crippen LogP contribution in [-0.2, 0) is 0 Å². The van der Waals surface area contributed by atoms with Crippen molar-refractivity contribution in [2.45, 2.75) is 71.4 Å². The Hall–Kier alpha value is -0.0800. The molecule has 0 aromatic rings. The summed E-state index contributed by atoms with van der Waals surface area (Å²) in [5, 5.41) is 0. The maximum absolute atomic E-state index is 5.94. The SMILES string of the molecule is CCC(C)(CN)N(C)C1CCC(C)(C)CC1. The summed E-state index contributed by atoms with van der Waals surface area (Å²) in [4.78, 5) is 2.54. The molecule has 0 aromatic carbocycles. The van der Waals surface area contributed by atoms with Gasteiger partial charge < -0.3 is 5.73 Å². The Kier molecular flexibility index (Phi) is 4.42. The van der Waals surface area contributed by atoms with E-state index in [2.05, 4.69) is 39.6 Å². The first kappa shape index (κ1) is 14.0. The third kappa shape index (κ3) is 2.98. The van der Waals surface area contributed by atoms with Crippen molar-refractivity contribution < 1.29 is 0 Å². The van der Waals surface area contributed by atoms with Crippen LogP contribution in [0.15, 0.2) is 0 Å². The maximum atomic E-state index is 5.94. The van der Waals surface area contributed by atoms with E-state index in [1.165, 1.54) is 25.7 Å². The fourth-order valence-corrected chi connectivity index (χ4v) is 2.75. The van der Waals surface area contributed by atoms with E-state index in [0.29, 0.717) is 5.41 Å². The third-order valence-electron chi connectivity index (χ3n) is 4.91. The first-order chi connectivity index (χ1) is 7.34. The van der Waals surface area contributed by atoms with Gasteiger partial charge in [-0.25, -0.2) is 0 Å². The average molecular weight is 226 g/mol. The molecule has 2 N–H and O–H groups in total. The molecule has 2 nitrogen and oxygen atoms in total. The quantitative estimate of drug-likeness (QED) is 0.798. The summed E-state index contributed by atoms with van der Waals surface area (Å²) in [5.41, 5.74) is 6.68. The zero-order valence-corrected chi connectivity index (χ0v) is 11.8. The van der Waals surface area contributed by atoms with Crippen molar-refractivity contribution in [3.05, 3.63) is 0 Å². The van der Waals surface area contributed by atoms with E-state index in [1.807, 2.05) is 0 Å². The molecule has 1 atom stereocenters. The second kappa shape index (κ2) is 5.05. The zero-order valence-electron chi connectivity index (χ0n) is 11.8. The molecule has 0 spiro atoms. The van der Waals surface area contributed by atoms with Crippen molar-refractivity contribution >= 4 is 0 Å². The van der Waals surface area contributed by atoms with E-state index in [0.717, 1.165) is 19.0 Å². The fraction of sp³-hybridized carbons (Fsp3) is 1.00. The Balaban J connectivity index is 2.59. The lowest BCUT2D eigenvalue weighted by Crippen LogP contribution is -2.54. The number of hydrogen-bond donors (Lipinski definition) is 1. The van der Waals surface area contributed by atoms with Crippen LogP contribution in [-0.4, -0.2) is 30.1 Å². The van der Waals surface area contributed by atoms with Gasteiger partial charge in [0.15, 0.2) is 0 Å². The fourth-order valence-electron chi connectivity index (χ4n) is 2.75. The zero-order chi connectivity index (χ0) is 12.4. The molecule has 0 radical (unpaired) electrons. The molecular weight excluding hydrogens is 196 g/mol. The minimum absolute atomic E-state index is 0.187. The molecule has 1 aliphatic rings. The first-order valence-electron chi connectivity index (χ1n) is 6.78. The van der Waals surface area contributed by atoms with Gasteiger partial charge in [0, 0.05) is 18.1 Å². The maximum Gasteiger partial charge on any atom is 0.0300 e. The van der Waals surface area contributed by atoms with Crippen molar-refractivity contribution in [2.75, 3.05) is 13.6 Å². The van der Waals surface area contributed by atoms with Gasteiger partial charge in [-0.2, -0.15) is 0 Å². The highest BCUT2D eigenvalue weighted by Gasteiger charge is 2.35. The lowest BCUT2D eigenvalue weighted by atomic mass is 9.74. The third-order valence-corrected chi connectivity index (χ3v) is 4.91. The van der Waals surface area contributed by atoms with Crippen LogP contribution < -0.4 is 5.73 Å². The van der Waals surface area contributed by atoms with E-state index in [4.69, 9.17) is 5.73 Å². The number of hydrogen-bond acceptors (Lipinski definition) is 2. The Morgan fingerprint density at radius 1 is 1.31 bits per heavy atom. The van der Waals surface area contributed by atoms with E-state index in [1.54, 1.807) is 0 Å². The number of likely N-dealkylation sites (N-methyl/N-ethyl adjacent to an activating group) is 1. The van der Waals surface area contributed by atoms with E-state index < -0.39 is 0 Å². The van der Waals surface area contributed by atoms with Crippen LogP contribution in [0.4, 0.5) is 0 Å². The molecule has 2 heteroatoms. The molecule has 1 unspecified atom stereocenters. The molecule has 0 aromatic heterocycles. The number of rotatable bonds is 4. The molecular formula is C14H30N2. The van der Waals surface area contributed by atoms with Gasteiger partial charge in [-0.1, -0.05) is 20.8 Å². The van der Waals surface area contributed by atoms with Crippen molar-refractivity contribution in [2.24, 2.45) is 11.1 Å². The monoisotopic (exact) mass is 226 g/mol. The topological polar surface area (TPSA) is 29.3 Å². The van der Waals surface area contributed by atoms with Crippen LogP contribution in [0, 0.1) is 5.41 Å². The van der Waals surface area contributed by atoms with Crippen LogP contribution in [0.5, 0.6) is 0 Å². The second-order valence-corrected chi connectivity index (χ2v) is 6.56. The van der Waals surface area contributed by atoms with E-state index in [-0.39, 0.29) is 5.54 Å². The summed E-state index contributed by atoms with van der Waals surface area (Å²) < 4.78 is 0. The van der Waals surface area contributed by atoms with Gasteiger partial charge in [-0.15, -0.1) is 0 Å². The highest BCUT2D eigenvalue weighted by Crippen LogP contribution is 2.38. The molecule has 16 heavy (non-hydrogen) atoms. The Morgan fingerprint density at radius 2 is 1.81 bits per heavy atom. The van der Waals surface area contributed by atoms with Gasteiger partial charge in [-0.3, -0.25) is 4.90 Å². The predicted molar refractivity (Wildman–Crippen MR) is 71.6 cm³/mol. The van der Waals surface area contributed by atoms with Gasteiger partial charge in [0.2, 0.25) is 0 Å². The summed E-state index contributed by atoms with van der Waals surface area (Å²) in [6, 6.07) is 0.738. The molecule has 0 bridgehead atoms. The highest BCUT2D eigenvalue weighted by molar-refractivity contribution is 4.91. The lowest BCUT2D eigenvalue weighted by Gasteiger charge is -2.46. The minimum Gasteiger partial charge on any atom is -0.329 e. The minimum atomic E-state index is 0.187. The van der Waals surface area contributed by atoms with Gasteiger partial charge >= 0.3 is 0 Å². The molecule has 0 aliphatic heterocycles. The number of nitrogens with two attached hydrogens (primary N) is 1. The second-order valence-electron chi connectivity index (χ2n) is 6.56. The van der Waals surface area contributed by atoms with Gasteiger partial charge in [0.05, 0.1) is 0 Å². The van der Waals surface area contributed by atoms with E-state index in [9.17, 15) is 0 Å². The first-order valence-corrected chi connectivity index (χ1v) is 6.78. The smallest absolute Gasteiger partial charge is 0.0300 e. The molecule has 96 valence electrons. The normalized spacial score (nSPS) is 25.7. The van der Waals surface area contributed by atoms with Gasteiger partial charge in [0.1, 0.15) is 0 Å². The lowest BCUT2D eigenvalue weighted by molar-refractivity contribution is 0.0442. The summed E-state index contributed by atoms with van der Waals surface area (Å²) in [6.07, 6.45) is 6.51.